The lowest BCUT2D eigenvalue weighted by atomic mass is 9.73. The fourth-order valence-electron chi connectivity index (χ4n) is 9.31. The minimum Gasteiger partial charge on any atom is -0.309 e. The molecule has 0 saturated carbocycles. The third-order valence-electron chi connectivity index (χ3n) is 11.0. The molecule has 8 aromatic rings. The second-order valence-corrected chi connectivity index (χ2v) is 13.2. The molecule has 1 heteroatoms. The van der Waals surface area contributed by atoms with E-state index in [0.29, 0.717) is 0 Å². The maximum atomic E-state index is 2.50. The molecule has 11 rings (SSSR count). The van der Waals surface area contributed by atoms with Gasteiger partial charge in [0.1, 0.15) is 0 Å². The molecular formula is C47H29N. The lowest BCUT2D eigenvalue weighted by Gasteiger charge is -2.31. The van der Waals surface area contributed by atoms with E-state index < -0.39 is 0 Å². The van der Waals surface area contributed by atoms with Crippen molar-refractivity contribution in [1.29, 1.82) is 0 Å². The smallest absolute Gasteiger partial charge is 0.0738 e. The van der Waals surface area contributed by atoms with Crippen molar-refractivity contribution in [2.45, 2.75) is 5.41 Å². The lowest BCUT2D eigenvalue weighted by Crippen LogP contribution is -2.23. The Kier molecular flexibility index (Phi) is 5.10. The van der Waals surface area contributed by atoms with Gasteiger partial charge in [-0.1, -0.05) is 152 Å². The summed E-state index contributed by atoms with van der Waals surface area (Å²) < 4.78 is 0. The summed E-state index contributed by atoms with van der Waals surface area (Å²) in [6, 6.07) is 65.2. The Balaban J connectivity index is 1.24. The first kappa shape index (κ1) is 25.9. The monoisotopic (exact) mass is 607 g/mol. The van der Waals surface area contributed by atoms with Crippen molar-refractivity contribution < 1.29 is 0 Å². The molecule has 222 valence electrons. The molecule has 8 aromatic carbocycles. The molecule has 1 unspecified atom stereocenters. The molecule has 0 N–H and O–H groups in total. The van der Waals surface area contributed by atoms with Gasteiger partial charge in [-0.3, -0.25) is 0 Å². The molecule has 1 nitrogen and oxygen atoms in total. The molecule has 0 aromatic heterocycles. The maximum Gasteiger partial charge on any atom is 0.0738 e. The Morgan fingerprint density at radius 3 is 1.71 bits per heavy atom. The molecule has 0 fully saturated rings. The van der Waals surface area contributed by atoms with E-state index in [1.165, 1.54) is 83.2 Å². The van der Waals surface area contributed by atoms with Gasteiger partial charge in [-0.15, -0.1) is 0 Å². The molecule has 3 aliphatic carbocycles. The van der Waals surface area contributed by atoms with Crippen LogP contribution in [0.1, 0.15) is 22.3 Å². The average Bonchev–Trinajstić information content (AvgIpc) is 3.76. The number of rotatable bonds is 4. The first-order chi connectivity index (χ1) is 23.9. The summed E-state index contributed by atoms with van der Waals surface area (Å²) in [6.07, 6.45) is 0. The van der Waals surface area contributed by atoms with Crippen LogP contribution in [0.25, 0.3) is 55.3 Å². The van der Waals surface area contributed by atoms with Gasteiger partial charge >= 0.3 is 0 Å². The van der Waals surface area contributed by atoms with Crippen molar-refractivity contribution in [2.24, 2.45) is 0 Å². The summed E-state index contributed by atoms with van der Waals surface area (Å²) in [5, 5.41) is 2.50. The van der Waals surface area contributed by atoms with E-state index in [1.807, 2.05) is 0 Å². The van der Waals surface area contributed by atoms with Crippen LogP contribution in [0, 0.1) is 0 Å². The Bertz CT molecular complexity index is 2610. The van der Waals surface area contributed by atoms with Crippen LogP contribution in [0.4, 0.5) is 17.1 Å². The Labute approximate surface area is 280 Å². The summed E-state index contributed by atoms with van der Waals surface area (Å²) >= 11 is 0. The first-order valence-electron chi connectivity index (χ1n) is 16.8. The highest BCUT2D eigenvalue weighted by Crippen LogP contribution is 2.71. The highest BCUT2D eigenvalue weighted by atomic mass is 15.1. The quantitative estimate of drug-likeness (QED) is 0.192. The van der Waals surface area contributed by atoms with Crippen molar-refractivity contribution in [3.63, 3.8) is 0 Å². The SMILES string of the molecule is c1ccc(N(c2ccccc2-c2cccc3ccccc23)c2cccc3c2-c2cccc4c2C32c3ccccc3-c3cccc-4c32)cc1. The van der Waals surface area contributed by atoms with Crippen molar-refractivity contribution in [3.8, 4) is 44.5 Å². The molecule has 0 radical (unpaired) electrons. The zero-order chi connectivity index (χ0) is 31.4. The summed E-state index contributed by atoms with van der Waals surface area (Å²) in [7, 11) is 0. The number of fused-ring (bicyclic) bond motifs is 6. The van der Waals surface area contributed by atoms with Crippen molar-refractivity contribution >= 4 is 27.8 Å². The summed E-state index contributed by atoms with van der Waals surface area (Å²) in [4.78, 5) is 2.50. The van der Waals surface area contributed by atoms with Crippen LogP contribution in [-0.2, 0) is 5.41 Å². The molecule has 3 aliphatic rings. The normalized spacial score (nSPS) is 15.6. The fraction of sp³-hybridized carbons (Fsp3) is 0.0213. The third kappa shape index (κ3) is 3.11. The number of benzene rings is 8. The second kappa shape index (κ2) is 9.44. The van der Waals surface area contributed by atoms with Crippen LogP contribution in [0.2, 0.25) is 0 Å². The molecule has 1 spiro atoms. The highest BCUT2D eigenvalue weighted by molar-refractivity contribution is 6.10. The molecule has 1 atom stereocenters. The van der Waals surface area contributed by atoms with Gasteiger partial charge in [0.25, 0.3) is 0 Å². The predicted octanol–water partition coefficient (Wildman–Crippen LogP) is 12.3. The zero-order valence-corrected chi connectivity index (χ0v) is 26.2. The minimum atomic E-state index is -0.322. The van der Waals surface area contributed by atoms with Gasteiger partial charge in [0.05, 0.1) is 16.8 Å². The predicted molar refractivity (Wildman–Crippen MR) is 199 cm³/mol. The van der Waals surface area contributed by atoms with E-state index in [1.54, 1.807) is 0 Å². The van der Waals surface area contributed by atoms with Gasteiger partial charge < -0.3 is 4.90 Å². The van der Waals surface area contributed by atoms with E-state index in [-0.39, 0.29) is 5.41 Å². The number of anilines is 3. The number of nitrogens with zero attached hydrogens (tertiary/aromatic N) is 1. The van der Waals surface area contributed by atoms with Gasteiger partial charge in [0.2, 0.25) is 0 Å². The molecule has 0 heterocycles. The third-order valence-corrected chi connectivity index (χ3v) is 11.0. The summed E-state index contributed by atoms with van der Waals surface area (Å²) in [5.41, 5.74) is 19.4. The van der Waals surface area contributed by atoms with Crippen LogP contribution in [0.5, 0.6) is 0 Å². The molecular weight excluding hydrogens is 579 g/mol. The maximum absolute atomic E-state index is 2.50. The number of hydrogen-bond donors (Lipinski definition) is 0. The van der Waals surface area contributed by atoms with Crippen molar-refractivity contribution in [3.05, 3.63) is 198 Å². The average molecular weight is 608 g/mol. The van der Waals surface area contributed by atoms with Crippen LogP contribution in [-0.4, -0.2) is 0 Å². The minimum absolute atomic E-state index is 0.322. The van der Waals surface area contributed by atoms with Crippen molar-refractivity contribution in [1.82, 2.24) is 0 Å². The molecule has 0 amide bonds. The summed E-state index contributed by atoms with van der Waals surface area (Å²) in [6.45, 7) is 0. The van der Waals surface area contributed by atoms with E-state index in [0.717, 1.165) is 11.4 Å². The van der Waals surface area contributed by atoms with Crippen molar-refractivity contribution in [2.75, 3.05) is 4.90 Å². The van der Waals surface area contributed by atoms with Gasteiger partial charge in [0, 0.05) is 16.8 Å². The van der Waals surface area contributed by atoms with E-state index in [2.05, 4.69) is 181 Å². The number of hydrogen-bond acceptors (Lipinski definition) is 1. The van der Waals surface area contributed by atoms with E-state index >= 15 is 0 Å². The number of para-hydroxylation sites is 2. The van der Waals surface area contributed by atoms with E-state index in [4.69, 9.17) is 0 Å². The molecule has 0 aliphatic heterocycles. The fourth-order valence-corrected chi connectivity index (χ4v) is 9.31. The topological polar surface area (TPSA) is 3.24 Å². The molecule has 0 bridgehead atoms. The second-order valence-electron chi connectivity index (χ2n) is 13.2. The highest BCUT2D eigenvalue weighted by Gasteiger charge is 2.57. The largest absolute Gasteiger partial charge is 0.309 e. The Hall–Kier alpha value is -6.18. The Morgan fingerprint density at radius 1 is 0.333 bits per heavy atom. The van der Waals surface area contributed by atoms with Crippen LogP contribution < -0.4 is 4.90 Å². The van der Waals surface area contributed by atoms with Gasteiger partial charge in [0.15, 0.2) is 0 Å². The van der Waals surface area contributed by atoms with Crippen LogP contribution in [0.3, 0.4) is 0 Å². The Morgan fingerprint density at radius 2 is 0.854 bits per heavy atom. The standard InChI is InChI=1S/C47H29N/c1-2-16-31(17-3-1)48(42-28-9-7-20-35(42)33-21-10-15-30-14-4-5-18-32(30)33)43-29-13-27-41-44(43)39-25-12-24-38-37-23-11-22-36-34-19-6-8-26-40(34)47(41,45(36)37)46(38)39/h1-29H. The van der Waals surface area contributed by atoms with Gasteiger partial charge in [-0.05, 0) is 90.7 Å². The van der Waals surface area contributed by atoms with Crippen LogP contribution >= 0.6 is 0 Å². The van der Waals surface area contributed by atoms with Crippen LogP contribution in [0.15, 0.2) is 176 Å². The molecule has 0 saturated heterocycles. The first-order valence-corrected chi connectivity index (χ1v) is 16.8. The lowest BCUT2D eigenvalue weighted by molar-refractivity contribution is 0.818. The summed E-state index contributed by atoms with van der Waals surface area (Å²) in [5.74, 6) is 0. The zero-order valence-electron chi connectivity index (χ0n) is 26.2. The van der Waals surface area contributed by atoms with Gasteiger partial charge in [-0.2, -0.15) is 0 Å². The van der Waals surface area contributed by atoms with Gasteiger partial charge in [-0.25, -0.2) is 0 Å². The van der Waals surface area contributed by atoms with E-state index in [9.17, 15) is 0 Å². The molecule has 48 heavy (non-hydrogen) atoms.